The van der Waals surface area contributed by atoms with Crippen molar-refractivity contribution in [2.24, 2.45) is 0 Å². The van der Waals surface area contributed by atoms with Gasteiger partial charge in [0.1, 0.15) is 0 Å². The van der Waals surface area contributed by atoms with Crippen LogP contribution < -0.4 is 0 Å². The van der Waals surface area contributed by atoms with E-state index in [1.165, 1.54) is 24.3 Å². The first-order valence-corrected chi connectivity index (χ1v) is 5.80. The molecule has 0 amide bonds. The predicted octanol–water partition coefficient (Wildman–Crippen LogP) is 3.11. The van der Waals surface area contributed by atoms with Gasteiger partial charge < -0.3 is 5.11 Å². The van der Waals surface area contributed by atoms with Crippen molar-refractivity contribution in [3.05, 3.63) is 41.6 Å². The van der Waals surface area contributed by atoms with Crippen molar-refractivity contribution < 1.29 is 23.1 Å². The zero-order valence-electron chi connectivity index (χ0n) is 10.2. The lowest BCUT2D eigenvalue weighted by molar-refractivity contribution is -0.137. The Morgan fingerprint density at radius 3 is 2.65 bits per heavy atom. The Morgan fingerprint density at radius 2 is 2.00 bits per heavy atom. The van der Waals surface area contributed by atoms with Gasteiger partial charge in [0.05, 0.1) is 17.7 Å². The van der Waals surface area contributed by atoms with Gasteiger partial charge in [0.15, 0.2) is 0 Å². The molecule has 0 saturated carbocycles. The third kappa shape index (κ3) is 3.17. The minimum absolute atomic E-state index is 0.0298. The van der Waals surface area contributed by atoms with Crippen LogP contribution in [0.4, 0.5) is 13.2 Å². The fraction of sp³-hybridized carbons (Fsp3) is 0.231. The number of carbonyl (C=O) groups is 1. The van der Waals surface area contributed by atoms with E-state index in [0.29, 0.717) is 5.69 Å². The maximum atomic E-state index is 12.9. The van der Waals surface area contributed by atoms with Crippen molar-refractivity contribution in [2.45, 2.75) is 19.0 Å². The van der Waals surface area contributed by atoms with Gasteiger partial charge >= 0.3 is 12.1 Å². The molecule has 0 spiro atoms. The maximum absolute atomic E-state index is 12.9. The van der Waals surface area contributed by atoms with Crippen molar-refractivity contribution >= 4 is 5.97 Å². The van der Waals surface area contributed by atoms with Crippen LogP contribution in [-0.4, -0.2) is 21.3 Å². The fourth-order valence-corrected chi connectivity index (χ4v) is 1.82. The third-order valence-corrected chi connectivity index (χ3v) is 2.75. The molecule has 0 atom stereocenters. The quantitative estimate of drug-likeness (QED) is 0.906. The smallest absolute Gasteiger partial charge is 0.417 e. The van der Waals surface area contributed by atoms with Gasteiger partial charge in [0.2, 0.25) is 0 Å². The number of benzene rings is 1. The molecule has 1 aromatic carbocycles. The second-order valence-electron chi connectivity index (χ2n) is 4.22. The molecule has 0 fully saturated rings. The van der Waals surface area contributed by atoms with Gasteiger partial charge in [-0.15, -0.1) is 0 Å². The minimum atomic E-state index is -4.46. The number of halogens is 3. The molecule has 1 aromatic heterocycles. The number of aryl methyl sites for hydroxylation is 1. The molecule has 0 aliphatic carbocycles. The molecule has 0 radical (unpaired) electrons. The Morgan fingerprint density at radius 1 is 1.30 bits per heavy atom. The monoisotopic (exact) mass is 284 g/mol. The van der Waals surface area contributed by atoms with E-state index in [1.807, 2.05) is 0 Å². The Labute approximate surface area is 112 Å². The van der Waals surface area contributed by atoms with Gasteiger partial charge in [0, 0.05) is 11.3 Å². The Kier molecular flexibility index (Phi) is 3.78. The second-order valence-corrected chi connectivity index (χ2v) is 4.22. The van der Waals surface area contributed by atoms with E-state index >= 15 is 0 Å². The van der Waals surface area contributed by atoms with Gasteiger partial charge in [-0.05, 0) is 18.6 Å². The predicted molar refractivity (Wildman–Crippen MR) is 65.0 cm³/mol. The van der Waals surface area contributed by atoms with Crippen LogP contribution in [0.15, 0.2) is 30.3 Å². The van der Waals surface area contributed by atoms with Crippen molar-refractivity contribution in [2.75, 3.05) is 0 Å². The van der Waals surface area contributed by atoms with Crippen LogP contribution in [0.3, 0.4) is 0 Å². The number of aliphatic carboxylic acids is 1. The number of carboxylic acid groups (broad SMARTS) is 1. The lowest BCUT2D eigenvalue weighted by Crippen LogP contribution is -2.06. The Hall–Kier alpha value is -2.31. The van der Waals surface area contributed by atoms with E-state index in [4.69, 9.17) is 5.11 Å². The topological polar surface area (TPSA) is 66.0 Å². The van der Waals surface area contributed by atoms with Crippen LogP contribution in [0.1, 0.15) is 17.7 Å². The largest absolute Gasteiger partial charge is 0.481 e. The standard InChI is InChI=1S/C13H11F3N2O2/c14-13(15,16)10-4-2-1-3-9(10)11-7-8(17-18-11)5-6-12(19)20/h1-4,7H,5-6H2,(H,17,18)(H,19,20). The number of carboxylic acids is 1. The molecule has 0 bridgehead atoms. The van der Waals surface area contributed by atoms with Crippen molar-refractivity contribution in [1.29, 1.82) is 0 Å². The summed E-state index contributed by atoms with van der Waals surface area (Å²) in [6.45, 7) is 0. The zero-order chi connectivity index (χ0) is 14.8. The van der Waals surface area contributed by atoms with Crippen LogP contribution in [0, 0.1) is 0 Å². The molecular weight excluding hydrogens is 273 g/mol. The molecule has 2 N–H and O–H groups in total. The molecule has 1 heterocycles. The summed E-state index contributed by atoms with van der Waals surface area (Å²) in [5.41, 5.74) is -0.160. The van der Waals surface area contributed by atoms with Crippen LogP contribution >= 0.6 is 0 Å². The van der Waals surface area contributed by atoms with Crippen LogP contribution in [-0.2, 0) is 17.4 Å². The number of nitrogens with zero attached hydrogens (tertiary/aromatic N) is 1. The molecule has 7 heteroatoms. The van der Waals surface area contributed by atoms with E-state index in [0.717, 1.165) is 6.07 Å². The average molecular weight is 284 g/mol. The van der Waals surface area contributed by atoms with Gasteiger partial charge in [-0.1, -0.05) is 18.2 Å². The van der Waals surface area contributed by atoms with E-state index < -0.39 is 17.7 Å². The van der Waals surface area contributed by atoms with E-state index in [9.17, 15) is 18.0 Å². The van der Waals surface area contributed by atoms with E-state index in [2.05, 4.69) is 10.2 Å². The summed E-state index contributed by atoms with van der Waals surface area (Å²) in [6.07, 6.45) is -4.38. The van der Waals surface area contributed by atoms with E-state index in [1.54, 1.807) is 0 Å². The molecule has 0 unspecified atom stereocenters. The Bertz CT molecular complexity index is 620. The molecule has 0 saturated heterocycles. The number of alkyl halides is 3. The molecule has 20 heavy (non-hydrogen) atoms. The van der Waals surface area contributed by atoms with Gasteiger partial charge in [-0.3, -0.25) is 9.89 Å². The van der Waals surface area contributed by atoms with Gasteiger partial charge in [-0.25, -0.2) is 0 Å². The highest BCUT2D eigenvalue weighted by Gasteiger charge is 2.33. The van der Waals surface area contributed by atoms with Crippen molar-refractivity contribution in [1.82, 2.24) is 10.2 Å². The number of aromatic nitrogens is 2. The fourth-order valence-electron chi connectivity index (χ4n) is 1.82. The third-order valence-electron chi connectivity index (χ3n) is 2.75. The van der Waals surface area contributed by atoms with Gasteiger partial charge in [-0.2, -0.15) is 18.3 Å². The van der Waals surface area contributed by atoms with Crippen molar-refractivity contribution in [3.8, 4) is 11.3 Å². The minimum Gasteiger partial charge on any atom is -0.481 e. The van der Waals surface area contributed by atoms with Crippen LogP contribution in [0.5, 0.6) is 0 Å². The molecule has 106 valence electrons. The highest BCUT2D eigenvalue weighted by Crippen LogP contribution is 2.36. The molecule has 2 aromatic rings. The number of hydrogen-bond donors (Lipinski definition) is 2. The van der Waals surface area contributed by atoms with Gasteiger partial charge in [0.25, 0.3) is 0 Å². The number of aromatic amines is 1. The number of rotatable bonds is 4. The van der Waals surface area contributed by atoms with E-state index in [-0.39, 0.29) is 24.1 Å². The first-order valence-electron chi connectivity index (χ1n) is 5.80. The number of nitrogens with one attached hydrogen (secondary N) is 1. The number of H-pyrrole nitrogens is 1. The second kappa shape index (κ2) is 5.36. The SMILES string of the molecule is O=C(O)CCc1cc(-c2ccccc2C(F)(F)F)n[nH]1. The summed E-state index contributed by atoms with van der Waals surface area (Å²) in [5.74, 6) is -0.975. The van der Waals surface area contributed by atoms with Crippen LogP contribution in [0.25, 0.3) is 11.3 Å². The maximum Gasteiger partial charge on any atom is 0.417 e. The summed E-state index contributed by atoms with van der Waals surface area (Å²) < 4.78 is 38.6. The molecule has 0 aliphatic rings. The normalized spacial score (nSPS) is 11.6. The van der Waals surface area contributed by atoms with Crippen LogP contribution in [0.2, 0.25) is 0 Å². The highest BCUT2D eigenvalue weighted by atomic mass is 19.4. The highest BCUT2D eigenvalue weighted by molar-refractivity contribution is 5.67. The summed E-state index contributed by atoms with van der Waals surface area (Å²) in [5, 5.41) is 14.9. The van der Waals surface area contributed by atoms with Crippen molar-refractivity contribution in [3.63, 3.8) is 0 Å². The molecule has 4 nitrogen and oxygen atoms in total. The summed E-state index contributed by atoms with van der Waals surface area (Å²) in [7, 11) is 0. The Balaban J connectivity index is 2.31. The molecule has 0 aliphatic heterocycles. The summed E-state index contributed by atoms with van der Waals surface area (Å²) >= 11 is 0. The molecule has 2 rings (SSSR count). The summed E-state index contributed by atoms with van der Waals surface area (Å²) in [6, 6.07) is 6.56. The first kappa shape index (κ1) is 14.1. The lowest BCUT2D eigenvalue weighted by atomic mass is 10.0. The lowest BCUT2D eigenvalue weighted by Gasteiger charge is -2.10. The average Bonchev–Trinajstić information content (AvgIpc) is 2.84. The summed E-state index contributed by atoms with van der Waals surface area (Å²) in [4.78, 5) is 10.5. The molecular formula is C13H11F3N2O2. The first-order chi connectivity index (χ1) is 9.38. The zero-order valence-corrected chi connectivity index (χ0v) is 10.2. The number of hydrogen-bond acceptors (Lipinski definition) is 2.